The van der Waals surface area contributed by atoms with Crippen molar-refractivity contribution in [3.05, 3.63) is 35.0 Å². The van der Waals surface area contributed by atoms with Crippen LogP contribution in [0.5, 0.6) is 5.19 Å². The molecule has 0 saturated carbocycles. The first kappa shape index (κ1) is 23.4. The lowest BCUT2D eigenvalue weighted by atomic mass is 9.87. The Hall–Kier alpha value is -1.28. The molecule has 1 atom stereocenters. The lowest BCUT2D eigenvalue weighted by molar-refractivity contribution is 0.192. The number of unbranched alkanes of at least 4 members (excludes halogenated alkanes) is 2. The number of nitrogens with zero attached hydrogens (tertiary/aromatic N) is 1. The molecule has 1 aromatic carbocycles. The summed E-state index contributed by atoms with van der Waals surface area (Å²) < 4.78 is 21.2. The predicted octanol–water partition coefficient (Wildman–Crippen LogP) is 4.41. The summed E-state index contributed by atoms with van der Waals surface area (Å²) in [7, 11) is -4.41. The second-order valence-electron chi connectivity index (χ2n) is 7.63. The monoisotopic (exact) mass is 454 g/mol. The minimum absolute atomic E-state index is 0.0248. The topological polar surface area (TPSA) is 115 Å². The minimum Gasteiger partial charge on any atom is -0.470 e. The third kappa shape index (κ3) is 6.36. The van der Waals surface area contributed by atoms with Crippen molar-refractivity contribution in [2.45, 2.75) is 57.8 Å². The third-order valence-electron chi connectivity index (χ3n) is 5.37. The van der Waals surface area contributed by atoms with E-state index in [4.69, 9.17) is 20.3 Å². The number of aromatic nitrogens is 1. The first-order chi connectivity index (χ1) is 14.4. The van der Waals surface area contributed by atoms with E-state index in [0.29, 0.717) is 13.0 Å². The zero-order chi connectivity index (χ0) is 21.6. The Morgan fingerprint density at radius 3 is 2.80 bits per heavy atom. The predicted molar refractivity (Wildman–Crippen MR) is 119 cm³/mol. The van der Waals surface area contributed by atoms with Crippen molar-refractivity contribution in [1.82, 2.24) is 4.98 Å². The molecule has 0 amide bonds. The van der Waals surface area contributed by atoms with Gasteiger partial charge in [-0.1, -0.05) is 49.3 Å². The Morgan fingerprint density at radius 1 is 1.23 bits per heavy atom. The van der Waals surface area contributed by atoms with Crippen LogP contribution in [0.15, 0.2) is 18.2 Å². The van der Waals surface area contributed by atoms with Crippen LogP contribution < -0.4 is 10.5 Å². The Morgan fingerprint density at radius 2 is 2.07 bits per heavy atom. The lowest BCUT2D eigenvalue weighted by Gasteiger charge is -2.20. The summed E-state index contributed by atoms with van der Waals surface area (Å²) in [5.74, 6) is 0.135. The van der Waals surface area contributed by atoms with E-state index in [1.165, 1.54) is 28.8 Å². The highest BCUT2D eigenvalue weighted by Gasteiger charge is 2.23. The van der Waals surface area contributed by atoms with Gasteiger partial charge in [0.05, 0.1) is 23.8 Å². The van der Waals surface area contributed by atoms with Crippen LogP contribution in [0.4, 0.5) is 0 Å². The SMILES string of the molecule is CCCCCOc1nc2c(s1)-c1ccc([C@H](CN)CCCOP(=O)(O)O)cc1CC2. The summed E-state index contributed by atoms with van der Waals surface area (Å²) in [6.07, 6.45) is 6.51. The molecule has 0 unspecified atom stereocenters. The van der Waals surface area contributed by atoms with Gasteiger partial charge in [-0.05, 0) is 61.3 Å². The summed E-state index contributed by atoms with van der Waals surface area (Å²) in [4.78, 5) is 23.5. The fourth-order valence-electron chi connectivity index (χ4n) is 3.77. The highest BCUT2D eigenvalue weighted by atomic mass is 32.1. The molecule has 1 aromatic heterocycles. The molecule has 0 aliphatic heterocycles. The van der Waals surface area contributed by atoms with Crippen LogP contribution in [-0.2, 0) is 21.9 Å². The lowest BCUT2D eigenvalue weighted by Crippen LogP contribution is -2.14. The van der Waals surface area contributed by atoms with Gasteiger partial charge in [-0.25, -0.2) is 9.55 Å². The van der Waals surface area contributed by atoms with Crippen molar-refractivity contribution >= 4 is 19.2 Å². The maximum atomic E-state index is 10.8. The maximum Gasteiger partial charge on any atom is 0.469 e. The standard InChI is InChI=1S/C21H31N2O5PS/c1-2-3-4-11-27-21-23-19-10-8-16-13-15(7-9-18(16)20(19)30-21)17(14-22)6-5-12-28-29(24,25)26/h7,9,13,17H,2-6,8,10-12,14,22H2,1H3,(H2,24,25,26)/t17-/m0/s1. The van der Waals surface area contributed by atoms with E-state index in [2.05, 4.69) is 34.6 Å². The van der Waals surface area contributed by atoms with E-state index in [1.807, 2.05) is 0 Å². The highest BCUT2D eigenvalue weighted by Crippen LogP contribution is 2.41. The number of aryl methyl sites for hydroxylation is 2. The second kappa shape index (κ2) is 10.8. The zero-order valence-corrected chi connectivity index (χ0v) is 19.1. The van der Waals surface area contributed by atoms with Crippen LogP contribution in [0.2, 0.25) is 0 Å². The second-order valence-corrected chi connectivity index (χ2v) is 9.83. The van der Waals surface area contributed by atoms with Gasteiger partial charge in [-0.15, -0.1) is 0 Å². The van der Waals surface area contributed by atoms with Gasteiger partial charge in [0.15, 0.2) is 0 Å². The molecule has 0 spiro atoms. The summed E-state index contributed by atoms with van der Waals surface area (Å²) in [5, 5.41) is 0.762. The van der Waals surface area contributed by atoms with Gasteiger partial charge < -0.3 is 20.3 Å². The smallest absolute Gasteiger partial charge is 0.469 e. The van der Waals surface area contributed by atoms with E-state index in [-0.39, 0.29) is 12.5 Å². The average molecular weight is 455 g/mol. The van der Waals surface area contributed by atoms with Crippen LogP contribution in [0, 0.1) is 0 Å². The molecule has 166 valence electrons. The van der Waals surface area contributed by atoms with Crippen LogP contribution in [-0.4, -0.2) is 34.5 Å². The molecule has 1 aliphatic rings. The van der Waals surface area contributed by atoms with Crippen LogP contribution in [0.1, 0.15) is 61.8 Å². The quantitative estimate of drug-likeness (QED) is 0.321. The fourth-order valence-corrected chi connectivity index (χ4v) is 5.18. The maximum absolute atomic E-state index is 10.8. The molecule has 0 radical (unpaired) electrons. The van der Waals surface area contributed by atoms with Crippen LogP contribution >= 0.6 is 19.2 Å². The van der Waals surface area contributed by atoms with Crippen molar-refractivity contribution < 1.29 is 23.6 Å². The number of phosphoric acid groups is 1. The van der Waals surface area contributed by atoms with E-state index < -0.39 is 7.82 Å². The number of benzene rings is 1. The van der Waals surface area contributed by atoms with Gasteiger partial charge in [-0.2, -0.15) is 0 Å². The van der Waals surface area contributed by atoms with Gasteiger partial charge in [0.2, 0.25) is 0 Å². The molecular weight excluding hydrogens is 423 g/mol. The number of rotatable bonds is 12. The van der Waals surface area contributed by atoms with Gasteiger partial charge in [0.1, 0.15) is 0 Å². The van der Waals surface area contributed by atoms with Gasteiger partial charge in [0.25, 0.3) is 5.19 Å². The Labute approximate surface area is 181 Å². The molecule has 7 nitrogen and oxygen atoms in total. The number of ether oxygens (including phenoxy) is 1. The molecule has 3 rings (SSSR count). The molecule has 2 aromatic rings. The molecular formula is C21H31N2O5PS. The Bertz CT molecular complexity index is 882. The van der Waals surface area contributed by atoms with Crippen molar-refractivity contribution in [3.8, 4) is 15.6 Å². The van der Waals surface area contributed by atoms with Crippen molar-refractivity contribution in [2.75, 3.05) is 19.8 Å². The third-order valence-corrected chi connectivity index (χ3v) is 6.93. The van der Waals surface area contributed by atoms with Crippen molar-refractivity contribution in [1.29, 1.82) is 0 Å². The minimum atomic E-state index is -4.41. The highest BCUT2D eigenvalue weighted by molar-refractivity contribution is 7.46. The van der Waals surface area contributed by atoms with E-state index >= 15 is 0 Å². The normalized spacial score (nSPS) is 14.3. The van der Waals surface area contributed by atoms with E-state index in [9.17, 15) is 4.57 Å². The first-order valence-corrected chi connectivity index (χ1v) is 12.9. The number of fused-ring (bicyclic) bond motifs is 3. The summed E-state index contributed by atoms with van der Waals surface area (Å²) in [6, 6.07) is 6.48. The largest absolute Gasteiger partial charge is 0.470 e. The summed E-state index contributed by atoms with van der Waals surface area (Å²) in [6.45, 7) is 3.40. The molecule has 1 heterocycles. The van der Waals surface area contributed by atoms with Gasteiger partial charge >= 0.3 is 7.82 Å². The van der Waals surface area contributed by atoms with Crippen LogP contribution in [0.3, 0.4) is 0 Å². The van der Waals surface area contributed by atoms with Crippen molar-refractivity contribution in [3.63, 3.8) is 0 Å². The first-order valence-electron chi connectivity index (χ1n) is 10.6. The molecule has 9 heteroatoms. The van der Waals surface area contributed by atoms with Crippen molar-refractivity contribution in [2.24, 2.45) is 5.73 Å². The number of thiazole rings is 1. The van der Waals surface area contributed by atoms with Gasteiger partial charge in [0, 0.05) is 0 Å². The molecule has 0 fully saturated rings. The molecule has 30 heavy (non-hydrogen) atoms. The Kier molecular flexibility index (Phi) is 8.45. The molecule has 0 saturated heterocycles. The number of nitrogens with two attached hydrogens (primary N) is 1. The van der Waals surface area contributed by atoms with Gasteiger partial charge in [-0.3, -0.25) is 4.52 Å². The summed E-state index contributed by atoms with van der Waals surface area (Å²) >= 11 is 1.63. The molecule has 4 N–H and O–H groups in total. The number of hydrogen-bond acceptors (Lipinski definition) is 6. The fraction of sp³-hybridized carbons (Fsp3) is 0.571. The molecule has 0 bridgehead atoms. The van der Waals surface area contributed by atoms with E-state index in [0.717, 1.165) is 48.7 Å². The number of hydrogen-bond donors (Lipinski definition) is 3. The Balaban J connectivity index is 1.66. The average Bonchev–Trinajstić information content (AvgIpc) is 3.13. The van der Waals surface area contributed by atoms with E-state index in [1.54, 1.807) is 11.3 Å². The number of phosphoric ester groups is 1. The van der Waals surface area contributed by atoms with Crippen LogP contribution in [0.25, 0.3) is 10.4 Å². The zero-order valence-electron chi connectivity index (χ0n) is 17.4. The molecule has 1 aliphatic carbocycles. The summed E-state index contributed by atoms with van der Waals surface area (Å²) in [5.41, 5.74) is 10.8.